The van der Waals surface area contributed by atoms with Gasteiger partial charge in [0, 0.05) is 23.7 Å². The molecule has 0 aliphatic heterocycles. The Morgan fingerprint density at radius 1 is 1.16 bits per heavy atom. The molecular formula is C19H16N4O2. The van der Waals surface area contributed by atoms with E-state index in [9.17, 15) is 4.79 Å². The van der Waals surface area contributed by atoms with Gasteiger partial charge in [0.1, 0.15) is 5.82 Å². The minimum absolute atomic E-state index is 0.111. The van der Waals surface area contributed by atoms with Crippen LogP contribution >= 0.6 is 0 Å². The Hall–Kier alpha value is -3.25. The van der Waals surface area contributed by atoms with Crippen LogP contribution in [0.4, 0.5) is 0 Å². The van der Waals surface area contributed by atoms with Crippen molar-refractivity contribution in [3.8, 4) is 11.4 Å². The average molecular weight is 332 g/mol. The monoisotopic (exact) mass is 332 g/mol. The lowest BCUT2D eigenvalue weighted by atomic mass is 10.0. The number of aromatic nitrogens is 3. The number of nitrogens with zero attached hydrogens (tertiary/aromatic N) is 2. The van der Waals surface area contributed by atoms with Crippen LogP contribution in [-0.2, 0) is 0 Å². The number of hydrogen-bond donors (Lipinski definition) is 3. The van der Waals surface area contributed by atoms with Gasteiger partial charge in [-0.1, -0.05) is 18.2 Å². The Bertz CT molecular complexity index is 1040. The molecule has 0 radical (unpaired) electrons. The minimum Gasteiger partial charge on any atom is -0.395 e. The van der Waals surface area contributed by atoms with Gasteiger partial charge in [-0.15, -0.1) is 0 Å². The van der Waals surface area contributed by atoms with Gasteiger partial charge in [0.15, 0.2) is 0 Å². The van der Waals surface area contributed by atoms with Gasteiger partial charge >= 0.3 is 0 Å². The zero-order chi connectivity index (χ0) is 17.2. The molecule has 4 aromatic rings. The molecule has 124 valence electrons. The maximum absolute atomic E-state index is 12.5. The standard InChI is InChI=1S/C19H16N4O2/c24-9-8-21-19(25)14-11-13(10-12-4-3-7-20-17(12)14)18-22-15-5-1-2-6-16(15)23-18/h1-7,10-11,24H,8-9H2,(H,21,25)(H,22,23). The molecule has 0 atom stereocenters. The first-order chi connectivity index (χ1) is 12.3. The summed E-state index contributed by atoms with van der Waals surface area (Å²) in [7, 11) is 0. The van der Waals surface area contributed by atoms with Gasteiger partial charge in [-0.25, -0.2) is 4.98 Å². The van der Waals surface area contributed by atoms with Crippen molar-refractivity contribution < 1.29 is 9.90 Å². The van der Waals surface area contributed by atoms with Gasteiger partial charge in [-0.3, -0.25) is 9.78 Å². The lowest BCUT2D eigenvalue weighted by Gasteiger charge is -2.09. The molecule has 6 nitrogen and oxygen atoms in total. The fourth-order valence-electron chi connectivity index (χ4n) is 2.86. The summed E-state index contributed by atoms with van der Waals surface area (Å²) in [5.41, 5.74) is 3.70. The molecule has 0 saturated heterocycles. The molecule has 0 aliphatic rings. The highest BCUT2D eigenvalue weighted by Crippen LogP contribution is 2.26. The first-order valence-corrected chi connectivity index (χ1v) is 7.99. The van der Waals surface area contributed by atoms with E-state index in [0.717, 1.165) is 22.0 Å². The number of aliphatic hydroxyl groups is 1. The summed E-state index contributed by atoms with van der Waals surface area (Å²) in [5.74, 6) is 0.430. The maximum atomic E-state index is 12.5. The average Bonchev–Trinajstić information content (AvgIpc) is 3.09. The second-order valence-corrected chi connectivity index (χ2v) is 5.68. The molecule has 2 aromatic heterocycles. The maximum Gasteiger partial charge on any atom is 0.253 e. The Morgan fingerprint density at radius 3 is 2.88 bits per heavy atom. The number of amides is 1. The lowest BCUT2D eigenvalue weighted by Crippen LogP contribution is -2.26. The molecule has 2 aromatic carbocycles. The largest absolute Gasteiger partial charge is 0.395 e. The number of rotatable bonds is 4. The summed E-state index contributed by atoms with van der Waals surface area (Å²) in [4.78, 5) is 24.7. The van der Waals surface area contributed by atoms with E-state index in [1.165, 1.54) is 0 Å². The van der Waals surface area contributed by atoms with Crippen LogP contribution in [0.1, 0.15) is 10.4 Å². The van der Waals surface area contributed by atoms with Crippen LogP contribution in [0.3, 0.4) is 0 Å². The zero-order valence-electron chi connectivity index (χ0n) is 13.4. The molecule has 2 heterocycles. The van der Waals surface area contributed by atoms with E-state index >= 15 is 0 Å². The van der Waals surface area contributed by atoms with Crippen molar-refractivity contribution in [1.29, 1.82) is 0 Å². The smallest absolute Gasteiger partial charge is 0.253 e. The van der Waals surface area contributed by atoms with E-state index in [0.29, 0.717) is 16.9 Å². The number of fused-ring (bicyclic) bond motifs is 2. The molecule has 0 bridgehead atoms. The molecule has 25 heavy (non-hydrogen) atoms. The van der Waals surface area contributed by atoms with Crippen molar-refractivity contribution in [3.63, 3.8) is 0 Å². The summed E-state index contributed by atoms with van der Waals surface area (Å²) < 4.78 is 0. The molecule has 1 amide bonds. The highest BCUT2D eigenvalue weighted by atomic mass is 16.3. The van der Waals surface area contributed by atoms with Crippen LogP contribution in [0.15, 0.2) is 54.7 Å². The minimum atomic E-state index is -0.268. The normalized spacial score (nSPS) is 11.1. The number of benzene rings is 2. The predicted octanol–water partition coefficient (Wildman–Crippen LogP) is 2.50. The fraction of sp³-hybridized carbons (Fsp3) is 0.105. The van der Waals surface area contributed by atoms with Crippen LogP contribution in [-0.4, -0.2) is 39.1 Å². The number of carbonyl (C=O) groups excluding carboxylic acids is 1. The lowest BCUT2D eigenvalue weighted by molar-refractivity contribution is 0.0946. The third-order valence-corrected chi connectivity index (χ3v) is 4.01. The molecular weight excluding hydrogens is 316 g/mol. The number of imidazole rings is 1. The Morgan fingerprint density at radius 2 is 2.04 bits per heavy atom. The summed E-state index contributed by atoms with van der Waals surface area (Å²) in [6, 6.07) is 15.3. The van der Waals surface area contributed by atoms with Crippen molar-refractivity contribution in [2.45, 2.75) is 0 Å². The topological polar surface area (TPSA) is 90.9 Å². The first-order valence-electron chi connectivity index (χ1n) is 7.99. The molecule has 4 rings (SSSR count). The van der Waals surface area contributed by atoms with Gasteiger partial charge in [0.25, 0.3) is 5.91 Å². The SMILES string of the molecule is O=C(NCCO)c1cc(-c2nc3ccccc3[nH]2)cc2cccnc12. The van der Waals surface area contributed by atoms with Crippen molar-refractivity contribution >= 4 is 27.8 Å². The van der Waals surface area contributed by atoms with E-state index < -0.39 is 0 Å². The van der Waals surface area contributed by atoms with Crippen molar-refractivity contribution in [2.75, 3.05) is 13.2 Å². The van der Waals surface area contributed by atoms with Gasteiger partial charge in [-0.2, -0.15) is 0 Å². The van der Waals surface area contributed by atoms with Crippen LogP contribution in [0, 0.1) is 0 Å². The number of pyridine rings is 1. The van der Waals surface area contributed by atoms with E-state index in [4.69, 9.17) is 5.11 Å². The number of carbonyl (C=O) groups is 1. The van der Waals surface area contributed by atoms with Crippen LogP contribution in [0.5, 0.6) is 0 Å². The van der Waals surface area contributed by atoms with E-state index in [2.05, 4.69) is 20.3 Å². The molecule has 6 heteroatoms. The van der Waals surface area contributed by atoms with Crippen molar-refractivity contribution in [2.24, 2.45) is 0 Å². The summed E-state index contributed by atoms with van der Waals surface area (Å²) in [6.07, 6.45) is 1.66. The van der Waals surface area contributed by atoms with Crippen molar-refractivity contribution in [3.05, 3.63) is 60.3 Å². The Balaban J connectivity index is 1.88. The highest BCUT2D eigenvalue weighted by Gasteiger charge is 2.15. The first kappa shape index (κ1) is 15.3. The highest BCUT2D eigenvalue weighted by molar-refractivity contribution is 6.07. The second-order valence-electron chi connectivity index (χ2n) is 5.68. The number of nitrogens with one attached hydrogen (secondary N) is 2. The number of aliphatic hydroxyl groups excluding tert-OH is 1. The van der Waals surface area contributed by atoms with Crippen LogP contribution in [0.2, 0.25) is 0 Å². The third kappa shape index (κ3) is 2.83. The summed E-state index contributed by atoms with van der Waals surface area (Å²) in [6.45, 7) is 0.0857. The number of hydrogen-bond acceptors (Lipinski definition) is 4. The quantitative estimate of drug-likeness (QED) is 0.535. The van der Waals surface area contributed by atoms with E-state index in [-0.39, 0.29) is 19.1 Å². The predicted molar refractivity (Wildman–Crippen MR) is 96.2 cm³/mol. The van der Waals surface area contributed by atoms with Crippen molar-refractivity contribution in [1.82, 2.24) is 20.3 Å². The molecule has 0 saturated carbocycles. The van der Waals surface area contributed by atoms with Crippen LogP contribution in [0.25, 0.3) is 33.3 Å². The second kappa shape index (κ2) is 6.33. The van der Waals surface area contributed by atoms with Gasteiger partial charge in [0.2, 0.25) is 0 Å². The van der Waals surface area contributed by atoms with Crippen LogP contribution < -0.4 is 5.32 Å². The molecule has 3 N–H and O–H groups in total. The molecule has 0 aliphatic carbocycles. The van der Waals surface area contributed by atoms with E-state index in [1.807, 2.05) is 42.5 Å². The van der Waals surface area contributed by atoms with E-state index in [1.54, 1.807) is 12.3 Å². The van der Waals surface area contributed by atoms with Gasteiger partial charge < -0.3 is 15.4 Å². The molecule has 0 unspecified atom stereocenters. The number of aromatic amines is 1. The Kier molecular flexibility index (Phi) is 3.87. The molecule has 0 spiro atoms. The summed E-state index contributed by atoms with van der Waals surface area (Å²) in [5, 5.41) is 12.5. The number of para-hydroxylation sites is 2. The zero-order valence-corrected chi connectivity index (χ0v) is 13.4. The number of H-pyrrole nitrogens is 1. The third-order valence-electron chi connectivity index (χ3n) is 4.01. The Labute approximate surface area is 143 Å². The molecule has 0 fully saturated rings. The van der Waals surface area contributed by atoms with Gasteiger partial charge in [-0.05, 0) is 30.3 Å². The summed E-state index contributed by atoms with van der Waals surface area (Å²) >= 11 is 0. The fourth-order valence-corrected chi connectivity index (χ4v) is 2.86. The van der Waals surface area contributed by atoms with Gasteiger partial charge in [0.05, 0.1) is 28.7 Å².